The molecule has 0 radical (unpaired) electrons. The van der Waals surface area contributed by atoms with Crippen molar-refractivity contribution in [3.05, 3.63) is 64.1 Å². The van der Waals surface area contributed by atoms with Gasteiger partial charge in [-0.2, -0.15) is 0 Å². The maximum absolute atomic E-state index is 13.0. The first-order valence-electron chi connectivity index (χ1n) is 10.6. The van der Waals surface area contributed by atoms with E-state index in [0.29, 0.717) is 42.2 Å². The average molecular weight is 486 g/mol. The highest BCUT2D eigenvalue weighted by atomic mass is 79.9. The van der Waals surface area contributed by atoms with Gasteiger partial charge in [0.25, 0.3) is 11.8 Å². The van der Waals surface area contributed by atoms with Crippen molar-refractivity contribution in [2.45, 2.75) is 39.2 Å². The molecule has 3 amide bonds. The Hall–Kier alpha value is -2.67. The first-order valence-corrected chi connectivity index (χ1v) is 11.4. The molecule has 2 aromatic carbocycles. The van der Waals surface area contributed by atoms with E-state index in [-0.39, 0.29) is 17.7 Å². The van der Waals surface area contributed by atoms with Gasteiger partial charge >= 0.3 is 0 Å². The quantitative estimate of drug-likeness (QED) is 0.607. The van der Waals surface area contributed by atoms with E-state index >= 15 is 0 Å². The zero-order chi connectivity index (χ0) is 22.4. The van der Waals surface area contributed by atoms with Gasteiger partial charge in [0, 0.05) is 34.4 Å². The summed E-state index contributed by atoms with van der Waals surface area (Å²) in [5.74, 6) is 0.0609. The first-order chi connectivity index (χ1) is 14.8. The zero-order valence-corrected chi connectivity index (χ0v) is 19.4. The Morgan fingerprint density at radius 2 is 1.68 bits per heavy atom. The average Bonchev–Trinajstić information content (AvgIpc) is 3.24. The maximum Gasteiger partial charge on any atom is 0.255 e. The number of nitrogens with zero attached hydrogens (tertiary/aromatic N) is 1. The molecule has 1 saturated heterocycles. The van der Waals surface area contributed by atoms with Crippen LogP contribution in [0.3, 0.4) is 0 Å². The lowest BCUT2D eigenvalue weighted by Crippen LogP contribution is -2.46. The van der Waals surface area contributed by atoms with E-state index in [0.717, 1.165) is 17.3 Å². The van der Waals surface area contributed by atoms with Crippen LogP contribution in [0.15, 0.2) is 53.0 Å². The summed E-state index contributed by atoms with van der Waals surface area (Å²) in [4.78, 5) is 39.5. The highest BCUT2D eigenvalue weighted by Gasteiger charge is 2.34. The molecule has 0 bridgehead atoms. The number of halogens is 1. The Balaban J connectivity index is 1.60. The fourth-order valence-electron chi connectivity index (χ4n) is 3.55. The van der Waals surface area contributed by atoms with Gasteiger partial charge < -0.3 is 15.5 Å². The maximum atomic E-state index is 13.0. The number of hydrogen-bond acceptors (Lipinski definition) is 3. The van der Waals surface area contributed by atoms with Crippen molar-refractivity contribution in [3.63, 3.8) is 0 Å². The number of hydrogen-bond donors (Lipinski definition) is 2. The molecule has 3 rings (SSSR count). The fraction of sp³-hybridized carbons (Fsp3) is 0.375. The number of carbonyl (C=O) groups is 3. The number of nitrogens with one attached hydrogen (secondary N) is 2. The van der Waals surface area contributed by atoms with E-state index in [9.17, 15) is 14.4 Å². The highest BCUT2D eigenvalue weighted by molar-refractivity contribution is 9.10. The SMILES string of the molecule is CC(C)CCNC(=O)[C@H]1CCCN1C(=O)c1ccc(NC(=O)c2ccc(Br)cc2)cc1. The van der Waals surface area contributed by atoms with Crippen molar-refractivity contribution in [1.82, 2.24) is 10.2 Å². The molecule has 0 saturated carbocycles. The van der Waals surface area contributed by atoms with Gasteiger partial charge in [0.2, 0.25) is 5.91 Å². The molecule has 0 unspecified atom stereocenters. The molecule has 0 aliphatic carbocycles. The fourth-order valence-corrected chi connectivity index (χ4v) is 3.82. The van der Waals surface area contributed by atoms with Crippen LogP contribution in [-0.2, 0) is 4.79 Å². The summed E-state index contributed by atoms with van der Waals surface area (Å²) in [6, 6.07) is 13.4. The molecule has 0 spiro atoms. The monoisotopic (exact) mass is 485 g/mol. The van der Waals surface area contributed by atoms with Gasteiger partial charge in [0.05, 0.1) is 0 Å². The largest absolute Gasteiger partial charge is 0.354 e. The van der Waals surface area contributed by atoms with Gasteiger partial charge in [0.1, 0.15) is 6.04 Å². The van der Waals surface area contributed by atoms with E-state index in [1.165, 1.54) is 0 Å². The number of carbonyl (C=O) groups excluding carboxylic acids is 3. The lowest BCUT2D eigenvalue weighted by atomic mass is 10.1. The Labute approximate surface area is 191 Å². The van der Waals surface area contributed by atoms with E-state index in [2.05, 4.69) is 40.4 Å². The number of anilines is 1. The van der Waals surface area contributed by atoms with Crippen molar-refractivity contribution in [2.75, 3.05) is 18.4 Å². The summed E-state index contributed by atoms with van der Waals surface area (Å²) >= 11 is 3.35. The minimum atomic E-state index is -0.420. The van der Waals surface area contributed by atoms with Gasteiger partial charge in [0.15, 0.2) is 0 Å². The van der Waals surface area contributed by atoms with Gasteiger partial charge in [-0.3, -0.25) is 14.4 Å². The van der Waals surface area contributed by atoms with Gasteiger partial charge in [-0.1, -0.05) is 29.8 Å². The van der Waals surface area contributed by atoms with E-state index in [4.69, 9.17) is 0 Å². The van der Waals surface area contributed by atoms with Crippen molar-refractivity contribution >= 4 is 39.3 Å². The second-order valence-electron chi connectivity index (χ2n) is 8.17. The second kappa shape index (κ2) is 10.6. The van der Waals surface area contributed by atoms with E-state index < -0.39 is 6.04 Å². The predicted octanol–water partition coefficient (Wildman–Crippen LogP) is 4.47. The third-order valence-corrected chi connectivity index (χ3v) is 5.86. The van der Waals surface area contributed by atoms with Crippen molar-refractivity contribution in [3.8, 4) is 0 Å². The molecule has 7 heteroatoms. The van der Waals surface area contributed by atoms with Crippen LogP contribution in [0.1, 0.15) is 53.8 Å². The van der Waals surface area contributed by atoms with Crippen LogP contribution in [0, 0.1) is 5.92 Å². The van der Waals surface area contributed by atoms with Crippen LogP contribution in [-0.4, -0.2) is 41.8 Å². The molecule has 1 heterocycles. The molecule has 2 aromatic rings. The molecule has 1 aliphatic rings. The summed E-state index contributed by atoms with van der Waals surface area (Å²) in [5, 5.41) is 5.79. The summed E-state index contributed by atoms with van der Waals surface area (Å²) < 4.78 is 0.903. The molecule has 1 atom stereocenters. The van der Waals surface area contributed by atoms with Gasteiger partial charge in [-0.05, 0) is 73.7 Å². The van der Waals surface area contributed by atoms with Crippen molar-refractivity contribution < 1.29 is 14.4 Å². The van der Waals surface area contributed by atoms with Crippen molar-refractivity contribution in [1.29, 1.82) is 0 Å². The Kier molecular flexibility index (Phi) is 7.85. The Bertz CT molecular complexity index is 926. The third kappa shape index (κ3) is 6.17. The van der Waals surface area contributed by atoms with Crippen LogP contribution in [0.25, 0.3) is 0 Å². The zero-order valence-electron chi connectivity index (χ0n) is 17.9. The summed E-state index contributed by atoms with van der Waals surface area (Å²) in [6.07, 6.45) is 2.41. The lowest BCUT2D eigenvalue weighted by Gasteiger charge is -2.24. The molecule has 164 valence electrons. The molecule has 6 nitrogen and oxygen atoms in total. The molecular weight excluding hydrogens is 458 g/mol. The standard InChI is InChI=1S/C24H28BrN3O3/c1-16(2)13-14-26-23(30)21-4-3-15-28(21)24(31)18-7-11-20(12-8-18)27-22(29)17-5-9-19(25)10-6-17/h5-12,16,21H,3-4,13-15H2,1-2H3,(H,26,30)(H,27,29)/t21-/m1/s1. The highest BCUT2D eigenvalue weighted by Crippen LogP contribution is 2.22. The van der Waals surface area contributed by atoms with Gasteiger partial charge in [-0.25, -0.2) is 0 Å². The smallest absolute Gasteiger partial charge is 0.255 e. The molecule has 2 N–H and O–H groups in total. The lowest BCUT2D eigenvalue weighted by molar-refractivity contribution is -0.124. The van der Waals surface area contributed by atoms with Crippen LogP contribution in [0.4, 0.5) is 5.69 Å². The first kappa shape index (κ1) is 23.0. The third-order valence-electron chi connectivity index (χ3n) is 5.33. The van der Waals surface area contributed by atoms with Gasteiger partial charge in [-0.15, -0.1) is 0 Å². The number of rotatable bonds is 7. The summed E-state index contributed by atoms with van der Waals surface area (Å²) in [5.41, 5.74) is 1.66. The van der Waals surface area contributed by atoms with E-state index in [1.807, 2.05) is 12.1 Å². The molecular formula is C24H28BrN3O3. The minimum Gasteiger partial charge on any atom is -0.354 e. The normalized spacial score (nSPS) is 15.7. The molecule has 1 fully saturated rings. The number of likely N-dealkylation sites (tertiary alicyclic amines) is 1. The van der Waals surface area contributed by atoms with Crippen LogP contribution < -0.4 is 10.6 Å². The molecule has 1 aliphatic heterocycles. The second-order valence-corrected chi connectivity index (χ2v) is 9.08. The van der Waals surface area contributed by atoms with E-state index in [1.54, 1.807) is 41.3 Å². The molecule has 31 heavy (non-hydrogen) atoms. The predicted molar refractivity (Wildman–Crippen MR) is 125 cm³/mol. The van der Waals surface area contributed by atoms with Crippen LogP contribution in [0.5, 0.6) is 0 Å². The topological polar surface area (TPSA) is 78.5 Å². The van der Waals surface area contributed by atoms with Crippen molar-refractivity contribution in [2.24, 2.45) is 5.92 Å². The minimum absolute atomic E-state index is 0.0788. The Morgan fingerprint density at radius 1 is 1.03 bits per heavy atom. The Morgan fingerprint density at radius 3 is 2.32 bits per heavy atom. The summed E-state index contributed by atoms with van der Waals surface area (Å²) in [7, 11) is 0. The molecule has 0 aromatic heterocycles. The number of benzene rings is 2. The van der Waals surface area contributed by atoms with Crippen LogP contribution in [0.2, 0.25) is 0 Å². The summed E-state index contributed by atoms with van der Waals surface area (Å²) in [6.45, 7) is 5.43. The number of amides is 3. The van der Waals surface area contributed by atoms with Crippen LogP contribution >= 0.6 is 15.9 Å².